The zero-order chi connectivity index (χ0) is 8.55. The summed E-state index contributed by atoms with van der Waals surface area (Å²) in [5.41, 5.74) is 0.667. The Labute approximate surface area is 72.4 Å². The molecule has 1 fully saturated rings. The summed E-state index contributed by atoms with van der Waals surface area (Å²) in [7, 11) is 5.48. The van der Waals surface area contributed by atoms with Gasteiger partial charge in [0, 0.05) is 19.3 Å². The normalized spacial score (nSPS) is 17.6. The highest BCUT2D eigenvalue weighted by Crippen LogP contribution is 2.16. The fraction of sp³-hybridized carbons (Fsp3) is 0.375. The van der Waals surface area contributed by atoms with Crippen LogP contribution in [0.4, 0.5) is 5.82 Å². The first-order valence-corrected chi connectivity index (χ1v) is 3.90. The van der Waals surface area contributed by atoms with Crippen LogP contribution in [0.2, 0.25) is 0 Å². The van der Waals surface area contributed by atoms with Crippen LogP contribution < -0.4 is 10.4 Å². The van der Waals surface area contributed by atoms with Crippen LogP contribution in [0, 0.1) is 0 Å². The van der Waals surface area contributed by atoms with E-state index in [4.69, 9.17) is 13.0 Å². The van der Waals surface area contributed by atoms with E-state index < -0.39 is 0 Å². The van der Waals surface area contributed by atoms with Gasteiger partial charge in [0.15, 0.2) is 0 Å². The zero-order valence-corrected chi connectivity index (χ0v) is 6.64. The average molecular weight is 160 g/mol. The number of hydrogen-bond donors (Lipinski definition) is 1. The maximum atomic E-state index is 9.04. The third-order valence-corrected chi connectivity index (χ3v) is 1.96. The first-order valence-electron chi connectivity index (χ1n) is 3.90. The van der Waals surface area contributed by atoms with Gasteiger partial charge in [0.05, 0.1) is 6.10 Å². The van der Waals surface area contributed by atoms with Gasteiger partial charge in [0.25, 0.3) is 0 Å². The molecule has 0 atom stereocenters. The lowest BCUT2D eigenvalue weighted by Gasteiger charge is -2.36. The molecule has 1 N–H and O–H groups in total. The van der Waals surface area contributed by atoms with Crippen molar-refractivity contribution in [2.24, 2.45) is 0 Å². The van der Waals surface area contributed by atoms with E-state index in [9.17, 15) is 0 Å². The van der Waals surface area contributed by atoms with Gasteiger partial charge < -0.3 is 10.0 Å². The first kappa shape index (κ1) is 7.62. The Kier molecular flexibility index (Phi) is 1.77. The van der Waals surface area contributed by atoms with Crippen LogP contribution in [0.3, 0.4) is 0 Å². The summed E-state index contributed by atoms with van der Waals surface area (Å²) in [6.07, 6.45) is 1.43. The van der Waals surface area contributed by atoms with Crippen molar-refractivity contribution in [1.29, 1.82) is 0 Å². The lowest BCUT2D eigenvalue weighted by molar-refractivity contribution is 0.141. The maximum absolute atomic E-state index is 9.04. The van der Waals surface area contributed by atoms with Crippen molar-refractivity contribution in [1.82, 2.24) is 4.98 Å². The van der Waals surface area contributed by atoms with Gasteiger partial charge in [-0.05, 0) is 6.07 Å². The van der Waals surface area contributed by atoms with Crippen LogP contribution in [0.5, 0.6) is 0 Å². The van der Waals surface area contributed by atoms with E-state index in [1.54, 1.807) is 6.20 Å². The monoisotopic (exact) mass is 160 g/mol. The molecule has 3 nitrogen and oxygen atoms in total. The van der Waals surface area contributed by atoms with E-state index in [0.29, 0.717) is 18.6 Å². The van der Waals surface area contributed by atoms with Gasteiger partial charge in [-0.15, -0.1) is 0 Å². The van der Waals surface area contributed by atoms with E-state index >= 15 is 0 Å². The van der Waals surface area contributed by atoms with Crippen molar-refractivity contribution in [3.8, 4) is 0 Å². The zero-order valence-electron chi connectivity index (χ0n) is 6.64. The highest BCUT2D eigenvalue weighted by molar-refractivity contribution is 6.32. The van der Waals surface area contributed by atoms with Gasteiger partial charge in [0.2, 0.25) is 0 Å². The molecule has 0 spiro atoms. The number of aliphatic hydroxyl groups excluding tert-OH is 1. The minimum atomic E-state index is -0.190. The Bertz CT molecular complexity index is 269. The number of rotatable bonds is 1. The number of aliphatic hydroxyl groups is 1. The molecule has 0 aliphatic carbocycles. The molecule has 1 aliphatic heterocycles. The molecule has 12 heavy (non-hydrogen) atoms. The van der Waals surface area contributed by atoms with Gasteiger partial charge in [-0.1, -0.05) is 11.5 Å². The second-order valence-corrected chi connectivity index (χ2v) is 3.01. The van der Waals surface area contributed by atoms with Crippen molar-refractivity contribution in [3.05, 3.63) is 18.3 Å². The van der Waals surface area contributed by atoms with E-state index in [-0.39, 0.29) is 6.10 Å². The highest BCUT2D eigenvalue weighted by atomic mass is 16.3. The molecule has 0 saturated carbocycles. The van der Waals surface area contributed by atoms with E-state index in [1.165, 1.54) is 0 Å². The standard InChI is InChI=1S/C8H9BN2O/c9-6-1-2-8(10-3-6)11-4-7(12)5-11/h1-3,7,12H,4-5H2. The third kappa shape index (κ3) is 1.30. The number of β-amino-alcohol motifs (C(OH)–C–C–N with tert-alkyl or cyclic N) is 1. The Morgan fingerprint density at radius 1 is 1.50 bits per heavy atom. The van der Waals surface area contributed by atoms with Gasteiger partial charge in [-0.25, -0.2) is 4.98 Å². The second kappa shape index (κ2) is 2.79. The van der Waals surface area contributed by atoms with Gasteiger partial charge in [-0.3, -0.25) is 0 Å². The van der Waals surface area contributed by atoms with Gasteiger partial charge in [-0.2, -0.15) is 0 Å². The number of aromatic nitrogens is 1. The number of hydrogen-bond acceptors (Lipinski definition) is 3. The molecule has 2 rings (SSSR count). The average Bonchev–Trinajstić information content (AvgIpc) is 2.01. The number of nitrogens with zero attached hydrogens (tertiary/aromatic N) is 2. The fourth-order valence-corrected chi connectivity index (χ4v) is 1.23. The number of pyridine rings is 1. The summed E-state index contributed by atoms with van der Waals surface area (Å²) in [5.74, 6) is 0.884. The lowest BCUT2D eigenvalue weighted by Crippen LogP contribution is -2.51. The molecule has 4 heteroatoms. The molecule has 60 valence electrons. The Morgan fingerprint density at radius 3 is 2.75 bits per heavy atom. The fourth-order valence-electron chi connectivity index (χ4n) is 1.23. The summed E-state index contributed by atoms with van der Waals surface area (Å²) >= 11 is 0. The predicted octanol–water partition coefficient (Wildman–Crippen LogP) is -0.944. The summed E-state index contributed by atoms with van der Waals surface area (Å²) in [6, 6.07) is 3.67. The summed E-state index contributed by atoms with van der Waals surface area (Å²) < 4.78 is 0. The van der Waals surface area contributed by atoms with Gasteiger partial charge in [0.1, 0.15) is 13.7 Å². The van der Waals surface area contributed by atoms with Crippen molar-refractivity contribution in [3.63, 3.8) is 0 Å². The molecule has 0 aromatic carbocycles. The topological polar surface area (TPSA) is 36.4 Å². The van der Waals surface area contributed by atoms with Crippen molar-refractivity contribution < 1.29 is 5.11 Å². The van der Waals surface area contributed by atoms with E-state index in [2.05, 4.69) is 4.98 Å². The minimum Gasteiger partial charge on any atom is -0.389 e. The quantitative estimate of drug-likeness (QED) is 0.538. The molecular formula is C8H9BN2O. The maximum Gasteiger partial charge on any atom is 0.128 e. The Morgan fingerprint density at radius 2 is 2.25 bits per heavy atom. The molecule has 1 aromatic rings. The Hall–Kier alpha value is -1.03. The SMILES string of the molecule is [B]c1ccc(N2CC(O)C2)nc1. The van der Waals surface area contributed by atoms with Crippen molar-refractivity contribution in [2.45, 2.75) is 6.10 Å². The molecule has 1 saturated heterocycles. The van der Waals surface area contributed by atoms with Crippen LogP contribution in [0.1, 0.15) is 0 Å². The van der Waals surface area contributed by atoms with Crippen LogP contribution in [0.15, 0.2) is 18.3 Å². The minimum absolute atomic E-state index is 0.190. The molecule has 0 amide bonds. The van der Waals surface area contributed by atoms with E-state index in [1.807, 2.05) is 17.0 Å². The lowest BCUT2D eigenvalue weighted by atomic mass is 9.99. The first-order chi connectivity index (χ1) is 5.75. The molecule has 2 heterocycles. The number of anilines is 1. The van der Waals surface area contributed by atoms with Crippen LogP contribution >= 0.6 is 0 Å². The summed E-state index contributed by atoms with van der Waals surface area (Å²) in [6.45, 7) is 1.35. The highest BCUT2D eigenvalue weighted by Gasteiger charge is 2.24. The smallest absolute Gasteiger partial charge is 0.128 e. The Balaban J connectivity index is 2.09. The molecule has 1 aromatic heterocycles. The van der Waals surface area contributed by atoms with Crippen LogP contribution in [0.25, 0.3) is 0 Å². The molecule has 1 aliphatic rings. The van der Waals surface area contributed by atoms with Crippen LogP contribution in [-0.4, -0.2) is 37.1 Å². The predicted molar refractivity (Wildman–Crippen MR) is 47.8 cm³/mol. The summed E-state index contributed by atoms with van der Waals surface area (Å²) in [4.78, 5) is 6.13. The second-order valence-electron chi connectivity index (χ2n) is 3.01. The molecule has 2 radical (unpaired) electrons. The molecule has 0 bridgehead atoms. The third-order valence-electron chi connectivity index (χ3n) is 1.96. The van der Waals surface area contributed by atoms with E-state index in [0.717, 1.165) is 5.82 Å². The largest absolute Gasteiger partial charge is 0.389 e. The van der Waals surface area contributed by atoms with Crippen LogP contribution in [-0.2, 0) is 0 Å². The molecule has 0 unspecified atom stereocenters. The van der Waals surface area contributed by atoms with Gasteiger partial charge >= 0.3 is 0 Å². The van der Waals surface area contributed by atoms with Crippen molar-refractivity contribution >= 4 is 19.1 Å². The summed E-state index contributed by atoms with van der Waals surface area (Å²) in [5, 5.41) is 9.04. The van der Waals surface area contributed by atoms with Crippen molar-refractivity contribution in [2.75, 3.05) is 18.0 Å². The molecular weight excluding hydrogens is 151 g/mol.